The van der Waals surface area contributed by atoms with Crippen molar-refractivity contribution in [3.8, 4) is 0 Å². The number of nitrogens with zero attached hydrogens (tertiary/aromatic N) is 1. The monoisotopic (exact) mass is 388 g/mol. The number of aromatic nitrogens is 1. The van der Waals surface area contributed by atoms with E-state index in [4.69, 9.17) is 20.4 Å². The number of pyridine rings is 1. The van der Waals surface area contributed by atoms with Crippen LogP contribution in [0.4, 0.5) is 0 Å². The maximum atomic E-state index is 6.43. The maximum Gasteiger partial charge on any atom is 0.190 e. The van der Waals surface area contributed by atoms with Crippen molar-refractivity contribution in [1.82, 2.24) is 0 Å². The van der Waals surface area contributed by atoms with E-state index in [9.17, 15) is 0 Å². The van der Waals surface area contributed by atoms with E-state index < -0.39 is 0 Å². The van der Waals surface area contributed by atoms with Gasteiger partial charge in [-0.2, -0.15) is 4.57 Å². The number of benzene rings is 1. The first kappa shape index (κ1) is 16.2. The summed E-state index contributed by atoms with van der Waals surface area (Å²) in [6.45, 7) is 0. The minimum absolute atomic E-state index is 0.138. The Hall–Kier alpha value is -2.78. The van der Waals surface area contributed by atoms with Gasteiger partial charge in [-0.05, 0) is 23.3 Å². The lowest BCUT2D eigenvalue weighted by molar-refractivity contribution is -0.732. The van der Waals surface area contributed by atoms with Gasteiger partial charge in [-0.15, -0.1) is 11.6 Å². The predicted octanol–water partition coefficient (Wildman–Crippen LogP) is 5.32. The van der Waals surface area contributed by atoms with Crippen LogP contribution in [0.15, 0.2) is 88.6 Å². The van der Waals surface area contributed by atoms with Crippen molar-refractivity contribution >= 4 is 11.6 Å². The van der Waals surface area contributed by atoms with E-state index in [1.165, 1.54) is 33.5 Å². The van der Waals surface area contributed by atoms with Gasteiger partial charge in [0.1, 0.15) is 0 Å². The molecule has 2 bridgehead atoms. The first-order chi connectivity index (χ1) is 13.8. The third-order valence-corrected chi connectivity index (χ3v) is 6.94. The lowest BCUT2D eigenvalue weighted by atomic mass is 9.53. The normalized spacial score (nSPS) is 21.3. The Kier molecular flexibility index (Phi) is 3.39. The lowest BCUT2D eigenvalue weighted by Crippen LogP contribution is -2.60. The van der Waals surface area contributed by atoms with E-state index in [1.54, 1.807) is 12.5 Å². The topological polar surface area (TPSA) is 30.2 Å². The average Bonchev–Trinajstić information content (AvgIpc) is 3.48. The molecule has 5 heterocycles. The van der Waals surface area contributed by atoms with Crippen LogP contribution in [0.25, 0.3) is 0 Å². The highest BCUT2D eigenvalue weighted by molar-refractivity contribution is 6.17. The summed E-state index contributed by atoms with van der Waals surface area (Å²) in [5.74, 6) is 0.644. The van der Waals surface area contributed by atoms with E-state index in [2.05, 4.69) is 59.3 Å². The van der Waals surface area contributed by atoms with E-state index in [0.717, 1.165) is 6.42 Å². The molecule has 1 aliphatic carbocycles. The van der Waals surface area contributed by atoms with Crippen LogP contribution in [0.5, 0.6) is 0 Å². The molecule has 0 N–H and O–H groups in total. The standard InChI is InChI=1S/C24H19ClNO2/c25-13-16-4-3-5-19-21-12-24(17-7-10-27-14-17,18-8-11-28-15-18)23(22(16)19)20-6-1-2-9-26(20)21/h1-11,14-15,21,23H,12-13H2/q+1. The van der Waals surface area contributed by atoms with Gasteiger partial charge in [0.05, 0.1) is 36.4 Å². The fourth-order valence-corrected chi connectivity index (χ4v) is 5.82. The third kappa shape index (κ3) is 1.92. The number of fused-ring (bicyclic) bond motifs is 1. The fraction of sp³-hybridized carbons (Fsp3) is 0.208. The third-order valence-electron chi connectivity index (χ3n) is 6.66. The van der Waals surface area contributed by atoms with Crippen LogP contribution in [-0.2, 0) is 11.3 Å². The molecular weight excluding hydrogens is 370 g/mol. The Morgan fingerprint density at radius 2 is 1.75 bits per heavy atom. The summed E-state index contributed by atoms with van der Waals surface area (Å²) in [6, 6.07) is 17.5. The van der Waals surface area contributed by atoms with Crippen LogP contribution in [-0.4, -0.2) is 0 Å². The number of hydrogen-bond acceptors (Lipinski definition) is 2. The van der Waals surface area contributed by atoms with Crippen molar-refractivity contribution in [3.05, 3.63) is 113 Å². The second kappa shape index (κ2) is 5.86. The fourth-order valence-electron chi connectivity index (χ4n) is 5.59. The van der Waals surface area contributed by atoms with Crippen LogP contribution < -0.4 is 4.57 Å². The minimum atomic E-state index is -0.249. The van der Waals surface area contributed by atoms with Gasteiger partial charge in [0.2, 0.25) is 0 Å². The highest BCUT2D eigenvalue weighted by atomic mass is 35.5. The van der Waals surface area contributed by atoms with Gasteiger partial charge in [0, 0.05) is 41.1 Å². The summed E-state index contributed by atoms with van der Waals surface area (Å²) in [6.07, 6.45) is 10.5. The van der Waals surface area contributed by atoms with Gasteiger partial charge in [-0.1, -0.05) is 24.3 Å². The lowest BCUT2D eigenvalue weighted by Gasteiger charge is -2.49. The van der Waals surface area contributed by atoms with Gasteiger partial charge in [0.25, 0.3) is 0 Å². The number of furan rings is 2. The SMILES string of the molecule is ClCc1cccc2c1C1c3cccc[n+]3C2CC1(c1ccoc1)c1ccoc1. The molecular formula is C24H19ClNO2+. The molecule has 0 saturated heterocycles. The van der Waals surface area contributed by atoms with Crippen LogP contribution in [0.2, 0.25) is 0 Å². The Morgan fingerprint density at radius 3 is 2.43 bits per heavy atom. The zero-order valence-corrected chi connectivity index (χ0v) is 16.0. The maximum absolute atomic E-state index is 6.43. The molecule has 1 aromatic carbocycles. The van der Waals surface area contributed by atoms with Crippen molar-refractivity contribution in [2.45, 2.75) is 29.7 Å². The molecule has 4 heteroatoms. The first-order valence-electron chi connectivity index (χ1n) is 9.57. The average molecular weight is 389 g/mol. The largest absolute Gasteiger partial charge is 0.472 e. The highest BCUT2D eigenvalue weighted by Crippen LogP contribution is 2.60. The van der Waals surface area contributed by atoms with E-state index in [-0.39, 0.29) is 17.4 Å². The molecule has 2 aliphatic heterocycles. The molecule has 28 heavy (non-hydrogen) atoms. The summed E-state index contributed by atoms with van der Waals surface area (Å²) in [5, 5.41) is 0. The van der Waals surface area contributed by atoms with Crippen molar-refractivity contribution in [2.24, 2.45) is 0 Å². The summed E-state index contributed by atoms with van der Waals surface area (Å²) in [7, 11) is 0. The molecule has 0 saturated carbocycles. The van der Waals surface area contributed by atoms with Crippen LogP contribution in [0, 0.1) is 0 Å². The Balaban J connectivity index is 1.74. The molecule has 4 aromatic rings. The predicted molar refractivity (Wildman–Crippen MR) is 105 cm³/mol. The van der Waals surface area contributed by atoms with Crippen LogP contribution in [0.1, 0.15) is 51.9 Å². The zero-order valence-electron chi connectivity index (χ0n) is 15.2. The number of rotatable bonds is 3. The molecule has 2 atom stereocenters. The molecule has 3 aliphatic rings. The van der Waals surface area contributed by atoms with Gasteiger partial charge in [-0.25, -0.2) is 0 Å². The van der Waals surface area contributed by atoms with Crippen LogP contribution in [0.3, 0.4) is 0 Å². The molecule has 0 radical (unpaired) electrons. The summed E-state index contributed by atoms with van der Waals surface area (Å²) in [4.78, 5) is 0. The molecule has 0 spiro atoms. The number of halogens is 1. The van der Waals surface area contributed by atoms with Crippen molar-refractivity contribution < 1.29 is 13.4 Å². The second-order valence-electron chi connectivity index (χ2n) is 7.73. The minimum Gasteiger partial charge on any atom is -0.472 e. The first-order valence-corrected chi connectivity index (χ1v) is 10.1. The van der Waals surface area contributed by atoms with E-state index in [0.29, 0.717) is 5.88 Å². The Morgan fingerprint density at radius 1 is 0.964 bits per heavy atom. The molecule has 0 fully saturated rings. The molecule has 0 amide bonds. The van der Waals surface area contributed by atoms with Gasteiger partial charge in [0.15, 0.2) is 17.9 Å². The molecule has 138 valence electrons. The van der Waals surface area contributed by atoms with Crippen molar-refractivity contribution in [2.75, 3.05) is 0 Å². The van der Waals surface area contributed by atoms with Gasteiger partial charge < -0.3 is 8.83 Å². The molecule has 3 nitrogen and oxygen atoms in total. The quantitative estimate of drug-likeness (QED) is 0.351. The van der Waals surface area contributed by atoms with Crippen molar-refractivity contribution in [3.63, 3.8) is 0 Å². The number of alkyl halides is 1. The Bertz CT molecular complexity index is 1110. The van der Waals surface area contributed by atoms with E-state index >= 15 is 0 Å². The summed E-state index contributed by atoms with van der Waals surface area (Å²) >= 11 is 6.43. The summed E-state index contributed by atoms with van der Waals surface area (Å²) in [5.41, 5.74) is 7.40. The summed E-state index contributed by atoms with van der Waals surface area (Å²) < 4.78 is 13.6. The van der Waals surface area contributed by atoms with Crippen LogP contribution >= 0.6 is 11.6 Å². The van der Waals surface area contributed by atoms with E-state index in [1.807, 2.05) is 12.5 Å². The number of hydrogen-bond donors (Lipinski definition) is 0. The molecule has 7 rings (SSSR count). The van der Waals surface area contributed by atoms with Gasteiger partial charge in [-0.3, -0.25) is 0 Å². The second-order valence-corrected chi connectivity index (χ2v) is 8.00. The zero-order chi connectivity index (χ0) is 18.7. The molecule has 2 unspecified atom stereocenters. The van der Waals surface area contributed by atoms with Crippen molar-refractivity contribution in [1.29, 1.82) is 0 Å². The smallest absolute Gasteiger partial charge is 0.190 e. The van der Waals surface area contributed by atoms with Gasteiger partial charge >= 0.3 is 0 Å². The molecule has 3 aromatic heterocycles. The highest BCUT2D eigenvalue weighted by Gasteiger charge is 2.60. The Labute approximate surface area is 168 Å².